The number of aromatic nitrogens is 3. The first-order chi connectivity index (χ1) is 22.5. The SMILES string of the molecule is C[C@@H](CO)NCc1ccc2c(c1)nc(NC(=O)c1ccc(-c3cnco3)s1)n2C[C@H]1CCCN1C(=O)C(C#N)=CC(C)(C)C.O=CO. The molecule has 0 radical (unpaired) electrons. The van der Waals surface area contributed by atoms with Crippen LogP contribution in [0.4, 0.5) is 5.95 Å². The van der Waals surface area contributed by atoms with Gasteiger partial charge in [-0.2, -0.15) is 5.26 Å². The van der Waals surface area contributed by atoms with Gasteiger partial charge in [0, 0.05) is 25.7 Å². The smallest absolute Gasteiger partial charge is 0.290 e. The summed E-state index contributed by atoms with van der Waals surface area (Å²) in [5.41, 5.74) is 2.33. The third-order valence-corrected chi connectivity index (χ3v) is 8.53. The number of hydrogen-bond donors (Lipinski definition) is 4. The molecule has 248 valence electrons. The fourth-order valence-electron chi connectivity index (χ4n) is 5.25. The number of fused-ring (bicyclic) bond motifs is 1. The summed E-state index contributed by atoms with van der Waals surface area (Å²) in [5.74, 6) is 0.375. The molecule has 4 heterocycles. The van der Waals surface area contributed by atoms with Crippen LogP contribution in [0.1, 0.15) is 55.8 Å². The average molecular weight is 662 g/mol. The highest BCUT2D eigenvalue weighted by atomic mass is 32.1. The summed E-state index contributed by atoms with van der Waals surface area (Å²) in [7, 11) is 0. The number of allylic oxidation sites excluding steroid dienone is 1. The van der Waals surface area contributed by atoms with Gasteiger partial charge in [0.15, 0.2) is 12.2 Å². The molecule has 2 atom stereocenters. The molecule has 1 saturated heterocycles. The zero-order valence-electron chi connectivity index (χ0n) is 26.8. The maximum atomic E-state index is 13.5. The minimum atomic E-state index is -0.315. The average Bonchev–Trinajstić information content (AvgIpc) is 3.86. The molecule has 14 heteroatoms. The van der Waals surface area contributed by atoms with Crippen molar-refractivity contribution < 1.29 is 29.0 Å². The van der Waals surface area contributed by atoms with Crippen molar-refractivity contribution >= 4 is 46.6 Å². The van der Waals surface area contributed by atoms with E-state index in [4.69, 9.17) is 19.3 Å². The van der Waals surface area contributed by atoms with E-state index in [1.807, 2.05) is 56.5 Å². The molecule has 0 bridgehead atoms. The summed E-state index contributed by atoms with van der Waals surface area (Å²) in [5, 5.41) is 32.3. The Morgan fingerprint density at radius 3 is 2.70 bits per heavy atom. The third-order valence-electron chi connectivity index (χ3n) is 7.43. The number of nitrogens with one attached hydrogen (secondary N) is 2. The van der Waals surface area contributed by atoms with Crippen molar-refractivity contribution in [2.24, 2.45) is 5.41 Å². The highest BCUT2D eigenvalue weighted by molar-refractivity contribution is 7.17. The molecule has 2 amide bonds. The molecule has 1 aromatic carbocycles. The quantitative estimate of drug-likeness (QED) is 0.106. The van der Waals surface area contributed by atoms with Crippen LogP contribution in [0.3, 0.4) is 0 Å². The molecule has 3 aromatic heterocycles. The number of likely N-dealkylation sites (tertiary alicyclic amines) is 1. The van der Waals surface area contributed by atoms with Crippen molar-refractivity contribution in [3.63, 3.8) is 0 Å². The second-order valence-electron chi connectivity index (χ2n) is 12.3. The third kappa shape index (κ3) is 8.91. The highest BCUT2D eigenvalue weighted by Gasteiger charge is 2.32. The molecule has 4 aromatic rings. The molecule has 1 aliphatic rings. The van der Waals surface area contributed by atoms with Gasteiger partial charge >= 0.3 is 0 Å². The number of amides is 2. The second kappa shape index (κ2) is 15.6. The van der Waals surface area contributed by atoms with Crippen molar-refractivity contribution in [3.05, 3.63) is 65.0 Å². The Balaban J connectivity index is 0.00000160. The number of imidazole rings is 1. The minimum absolute atomic E-state index is 0.0307. The van der Waals surface area contributed by atoms with Crippen LogP contribution in [0.2, 0.25) is 0 Å². The monoisotopic (exact) mass is 661 g/mol. The lowest BCUT2D eigenvalue weighted by Gasteiger charge is -2.26. The van der Waals surface area contributed by atoms with Gasteiger partial charge in [-0.25, -0.2) is 9.97 Å². The molecule has 0 spiro atoms. The fraction of sp³-hybridized carbons (Fsp3) is 0.394. The Hall–Kier alpha value is -4.84. The number of nitriles is 1. The van der Waals surface area contributed by atoms with Crippen LogP contribution >= 0.6 is 11.3 Å². The van der Waals surface area contributed by atoms with Gasteiger partial charge in [-0.3, -0.25) is 19.7 Å². The van der Waals surface area contributed by atoms with Gasteiger partial charge in [-0.05, 0) is 55.0 Å². The first-order valence-electron chi connectivity index (χ1n) is 15.1. The lowest BCUT2D eigenvalue weighted by Crippen LogP contribution is -2.39. The molecule has 5 rings (SSSR count). The summed E-state index contributed by atoms with van der Waals surface area (Å²) in [6, 6.07) is 11.3. The summed E-state index contributed by atoms with van der Waals surface area (Å²) in [6.07, 6.45) is 6.26. The summed E-state index contributed by atoms with van der Waals surface area (Å²) >= 11 is 1.29. The van der Waals surface area contributed by atoms with Crippen molar-refractivity contribution in [1.29, 1.82) is 5.26 Å². The van der Waals surface area contributed by atoms with E-state index < -0.39 is 0 Å². The van der Waals surface area contributed by atoms with E-state index in [1.54, 1.807) is 23.2 Å². The van der Waals surface area contributed by atoms with E-state index in [1.165, 1.54) is 17.7 Å². The number of oxazole rings is 1. The Morgan fingerprint density at radius 1 is 1.28 bits per heavy atom. The number of hydrogen-bond acceptors (Lipinski definition) is 10. The summed E-state index contributed by atoms with van der Waals surface area (Å²) in [4.78, 5) is 47.1. The number of benzene rings is 1. The molecule has 4 N–H and O–H groups in total. The lowest BCUT2D eigenvalue weighted by atomic mass is 9.93. The Kier molecular flexibility index (Phi) is 11.7. The van der Waals surface area contributed by atoms with Gasteiger partial charge in [0.1, 0.15) is 11.6 Å². The van der Waals surface area contributed by atoms with Gasteiger partial charge in [0.25, 0.3) is 18.3 Å². The number of aliphatic hydroxyl groups is 1. The van der Waals surface area contributed by atoms with Gasteiger partial charge < -0.3 is 29.4 Å². The molecule has 13 nitrogen and oxygen atoms in total. The number of aliphatic hydroxyl groups excluding tert-OH is 1. The highest BCUT2D eigenvalue weighted by Crippen LogP contribution is 2.30. The van der Waals surface area contributed by atoms with E-state index >= 15 is 0 Å². The van der Waals surface area contributed by atoms with Crippen molar-refractivity contribution in [2.75, 3.05) is 18.5 Å². The van der Waals surface area contributed by atoms with Crippen molar-refractivity contribution in [1.82, 2.24) is 24.8 Å². The van der Waals surface area contributed by atoms with E-state index in [0.29, 0.717) is 41.7 Å². The molecule has 0 saturated carbocycles. The summed E-state index contributed by atoms with van der Waals surface area (Å²) in [6.45, 7) is 9.07. The molecule has 0 aliphatic carbocycles. The largest absolute Gasteiger partial charge is 0.483 e. The van der Waals surface area contributed by atoms with E-state index in [2.05, 4.69) is 21.7 Å². The van der Waals surface area contributed by atoms with Crippen LogP contribution < -0.4 is 10.6 Å². The van der Waals surface area contributed by atoms with Gasteiger partial charge in [0.2, 0.25) is 5.95 Å². The van der Waals surface area contributed by atoms with Crippen LogP contribution in [0.5, 0.6) is 0 Å². The zero-order valence-corrected chi connectivity index (χ0v) is 27.6. The fourth-order valence-corrected chi connectivity index (χ4v) is 6.10. The first kappa shape index (κ1) is 35.0. The second-order valence-corrected chi connectivity index (χ2v) is 13.3. The molecule has 0 unspecified atom stereocenters. The first-order valence-corrected chi connectivity index (χ1v) is 15.9. The summed E-state index contributed by atoms with van der Waals surface area (Å²) < 4.78 is 7.32. The van der Waals surface area contributed by atoms with E-state index in [9.17, 15) is 20.0 Å². The number of carboxylic acid groups (broad SMARTS) is 1. The Morgan fingerprint density at radius 2 is 2.04 bits per heavy atom. The molecule has 47 heavy (non-hydrogen) atoms. The van der Waals surface area contributed by atoms with E-state index in [0.717, 1.165) is 28.8 Å². The standard InChI is InChI=1S/C32H37N7O4S.CH2O2/c1-20(18-40)35-15-21-7-8-25-24(12-21)36-31(37-29(41)28-10-9-27(44-28)26-16-34-19-43-26)39(25)17-23-6-5-11-38(23)30(42)22(14-33)13-32(2,3)4;2-1-3/h7-10,12-13,16,19-20,23,35,40H,5-6,11,15,17-18H2,1-4H3,(H,36,37,41);1H,(H,2,3)/t20-,23+;/m0./s1. The number of rotatable bonds is 10. The molecular formula is C33H39N7O6S. The maximum absolute atomic E-state index is 13.5. The molecular weight excluding hydrogens is 622 g/mol. The predicted octanol–water partition coefficient (Wildman–Crippen LogP) is 4.66. The lowest BCUT2D eigenvalue weighted by molar-refractivity contribution is -0.127. The minimum Gasteiger partial charge on any atom is -0.483 e. The van der Waals surface area contributed by atoms with Gasteiger partial charge in [0.05, 0.1) is 39.6 Å². The molecule has 1 aliphatic heterocycles. The Labute approximate surface area is 276 Å². The number of carbonyl (C=O) groups excluding carboxylic acids is 2. The van der Waals surface area contributed by atoms with Crippen LogP contribution in [0, 0.1) is 16.7 Å². The van der Waals surface area contributed by atoms with Crippen LogP contribution in [-0.4, -0.2) is 73.2 Å². The molecule has 1 fully saturated rings. The van der Waals surface area contributed by atoms with Gasteiger partial charge in [-0.15, -0.1) is 11.3 Å². The number of carbonyl (C=O) groups is 3. The van der Waals surface area contributed by atoms with Crippen molar-refractivity contribution in [3.8, 4) is 16.7 Å². The van der Waals surface area contributed by atoms with Crippen LogP contribution in [0.25, 0.3) is 21.7 Å². The Bertz CT molecular complexity index is 1760. The normalized spacial score (nSPS) is 15.5. The topological polar surface area (TPSA) is 187 Å². The van der Waals surface area contributed by atoms with Crippen LogP contribution in [-0.2, 0) is 22.7 Å². The number of anilines is 1. The van der Waals surface area contributed by atoms with Crippen molar-refractivity contribution in [2.45, 2.75) is 65.7 Å². The maximum Gasteiger partial charge on any atom is 0.290 e. The van der Waals surface area contributed by atoms with E-state index in [-0.39, 0.29) is 48.0 Å². The van der Waals surface area contributed by atoms with Crippen LogP contribution in [0.15, 0.2) is 59.0 Å². The zero-order chi connectivity index (χ0) is 34.1. The van der Waals surface area contributed by atoms with Gasteiger partial charge in [-0.1, -0.05) is 32.9 Å². The number of nitrogens with zero attached hydrogens (tertiary/aromatic N) is 5. The number of thiophene rings is 1. The predicted molar refractivity (Wildman–Crippen MR) is 177 cm³/mol.